The summed E-state index contributed by atoms with van der Waals surface area (Å²) in [6, 6.07) is 4.28. The topological polar surface area (TPSA) is 61.1 Å². The Labute approximate surface area is 97.5 Å². The van der Waals surface area contributed by atoms with Gasteiger partial charge < -0.3 is 4.55 Å². The lowest BCUT2D eigenvalue weighted by molar-refractivity contribution is -0.671. The smallest absolute Gasteiger partial charge is 0.485 e. The molecule has 0 saturated heterocycles. The first kappa shape index (κ1) is 15.9. The van der Waals surface area contributed by atoms with Crippen LogP contribution in [0.1, 0.15) is 12.5 Å². The molecule has 1 aromatic heterocycles. The number of aromatic nitrogens is 1. The minimum absolute atomic E-state index is 1.13. The Bertz CT molecular complexity index is 440. The van der Waals surface area contributed by atoms with Crippen LogP contribution in [-0.4, -0.2) is 18.5 Å². The quantitative estimate of drug-likeness (QED) is 0.437. The van der Waals surface area contributed by atoms with Crippen LogP contribution in [0.5, 0.6) is 0 Å². The Morgan fingerprint density at radius 1 is 1.29 bits per heavy atom. The van der Waals surface area contributed by atoms with Crippen LogP contribution < -0.4 is 4.57 Å². The molecule has 0 unspecified atom stereocenters. The number of rotatable bonds is 1. The first-order chi connectivity index (χ1) is 7.58. The molecule has 0 bridgehead atoms. The maximum absolute atomic E-state index is 10.7. The Morgan fingerprint density at radius 2 is 1.65 bits per heavy atom. The van der Waals surface area contributed by atoms with Crippen molar-refractivity contribution in [1.82, 2.24) is 0 Å². The molecule has 0 amide bonds. The van der Waals surface area contributed by atoms with Gasteiger partial charge in [-0.1, -0.05) is 6.92 Å². The van der Waals surface area contributed by atoms with Crippen molar-refractivity contribution in [2.24, 2.45) is 7.05 Å². The molecule has 0 radical (unpaired) electrons. The minimum atomic E-state index is -6.09. The highest BCUT2D eigenvalue weighted by Crippen LogP contribution is 2.20. The van der Waals surface area contributed by atoms with E-state index in [0.717, 1.165) is 6.42 Å². The molecule has 0 aromatic carbocycles. The molecule has 98 valence electrons. The number of halogens is 3. The predicted octanol–water partition coefficient (Wildman–Crippen LogP) is 1.12. The van der Waals surface area contributed by atoms with Gasteiger partial charge in [0, 0.05) is 12.1 Å². The summed E-state index contributed by atoms with van der Waals surface area (Å²) in [4.78, 5) is 0. The molecule has 4 nitrogen and oxygen atoms in total. The van der Waals surface area contributed by atoms with Gasteiger partial charge in [-0.2, -0.15) is 13.2 Å². The normalized spacial score (nSPS) is 11.6. The SMILES string of the molecule is CCc1cc[n+](C)cc1.O=S(=O)([O-])C(F)(F)F. The van der Waals surface area contributed by atoms with Gasteiger partial charge in [0.2, 0.25) is 0 Å². The zero-order chi connectivity index (χ0) is 13.7. The molecule has 0 N–H and O–H groups in total. The van der Waals surface area contributed by atoms with Crippen molar-refractivity contribution in [3.63, 3.8) is 0 Å². The van der Waals surface area contributed by atoms with Gasteiger partial charge in [-0.25, -0.2) is 13.0 Å². The molecule has 0 saturated carbocycles. The van der Waals surface area contributed by atoms with Crippen molar-refractivity contribution in [3.05, 3.63) is 30.1 Å². The summed E-state index contributed by atoms with van der Waals surface area (Å²) >= 11 is 0. The summed E-state index contributed by atoms with van der Waals surface area (Å²) in [5, 5.41) is 0. The van der Waals surface area contributed by atoms with E-state index in [1.165, 1.54) is 5.56 Å². The zero-order valence-electron chi connectivity index (χ0n) is 9.23. The van der Waals surface area contributed by atoms with Crippen molar-refractivity contribution in [3.8, 4) is 0 Å². The van der Waals surface area contributed by atoms with Crippen LogP contribution >= 0.6 is 0 Å². The molecule has 0 aliphatic carbocycles. The van der Waals surface area contributed by atoms with Crippen molar-refractivity contribution in [1.29, 1.82) is 0 Å². The minimum Gasteiger partial charge on any atom is -0.741 e. The van der Waals surface area contributed by atoms with E-state index < -0.39 is 15.6 Å². The van der Waals surface area contributed by atoms with Gasteiger partial charge in [-0.05, 0) is 12.0 Å². The fourth-order valence-corrected chi connectivity index (χ4v) is 0.768. The van der Waals surface area contributed by atoms with E-state index in [-0.39, 0.29) is 0 Å². The summed E-state index contributed by atoms with van der Waals surface area (Å²) in [6.07, 6.45) is 5.26. The Kier molecular flexibility index (Phi) is 5.56. The zero-order valence-corrected chi connectivity index (χ0v) is 10.0. The second kappa shape index (κ2) is 5.97. The monoisotopic (exact) mass is 271 g/mol. The second-order valence-electron chi connectivity index (χ2n) is 3.13. The number of hydrogen-bond acceptors (Lipinski definition) is 3. The largest absolute Gasteiger partial charge is 0.741 e. The number of pyridine rings is 1. The van der Waals surface area contributed by atoms with Crippen molar-refractivity contribution in [2.45, 2.75) is 18.9 Å². The number of hydrogen-bond donors (Lipinski definition) is 0. The molecule has 17 heavy (non-hydrogen) atoms. The van der Waals surface area contributed by atoms with Gasteiger partial charge in [-0.15, -0.1) is 0 Å². The standard InChI is InChI=1S/C8H12N.CHF3O3S/c1-3-8-4-6-9(2)7-5-8;2-1(3,4)8(5,6)7/h4-7H,3H2,1-2H3;(H,5,6,7)/q+1;/p-1. The Hall–Kier alpha value is -1.15. The van der Waals surface area contributed by atoms with Crippen molar-refractivity contribution >= 4 is 10.1 Å². The maximum atomic E-state index is 10.7. The fraction of sp³-hybridized carbons (Fsp3) is 0.444. The summed E-state index contributed by atoms with van der Waals surface area (Å²) in [7, 11) is -4.06. The third-order valence-corrected chi connectivity index (χ3v) is 2.31. The molecule has 1 heterocycles. The van der Waals surface area contributed by atoms with Gasteiger partial charge in [0.15, 0.2) is 22.5 Å². The van der Waals surface area contributed by atoms with E-state index in [9.17, 15) is 13.2 Å². The lowest BCUT2D eigenvalue weighted by atomic mass is 10.2. The predicted molar refractivity (Wildman–Crippen MR) is 52.7 cm³/mol. The molecule has 0 fully saturated rings. The summed E-state index contributed by atoms with van der Waals surface area (Å²) in [6.45, 7) is 2.16. The van der Waals surface area contributed by atoms with Crippen LogP contribution in [-0.2, 0) is 23.6 Å². The van der Waals surface area contributed by atoms with Crippen LogP contribution in [0.15, 0.2) is 24.5 Å². The highest BCUT2D eigenvalue weighted by atomic mass is 32.2. The lowest BCUT2D eigenvalue weighted by Crippen LogP contribution is -2.25. The summed E-state index contributed by atoms with van der Waals surface area (Å²) in [5.74, 6) is 0. The third kappa shape index (κ3) is 6.22. The van der Waals surface area contributed by atoms with E-state index >= 15 is 0 Å². The van der Waals surface area contributed by atoms with Crippen LogP contribution in [0.2, 0.25) is 0 Å². The van der Waals surface area contributed by atoms with Gasteiger partial charge in [0.1, 0.15) is 7.05 Å². The molecule has 0 spiro atoms. The lowest BCUT2D eigenvalue weighted by Gasteiger charge is -2.08. The van der Waals surface area contributed by atoms with Crippen molar-refractivity contribution < 1.29 is 30.7 Å². The van der Waals surface area contributed by atoms with Crippen LogP contribution in [0.3, 0.4) is 0 Å². The molecule has 1 rings (SSSR count). The first-order valence-corrected chi connectivity index (χ1v) is 5.95. The molecule has 0 aliphatic rings. The number of nitrogens with zero attached hydrogens (tertiary/aromatic N) is 1. The van der Waals surface area contributed by atoms with E-state index in [0.29, 0.717) is 0 Å². The Balaban J connectivity index is 0.000000304. The van der Waals surface area contributed by atoms with Gasteiger partial charge >= 0.3 is 5.51 Å². The van der Waals surface area contributed by atoms with Gasteiger partial charge in [0.05, 0.1) is 0 Å². The third-order valence-electron chi connectivity index (χ3n) is 1.74. The molecule has 1 aromatic rings. The summed E-state index contributed by atoms with van der Waals surface area (Å²) in [5.41, 5.74) is -4.25. The van der Waals surface area contributed by atoms with Gasteiger partial charge in [0.25, 0.3) is 0 Å². The first-order valence-electron chi connectivity index (χ1n) is 4.54. The maximum Gasteiger partial charge on any atom is 0.485 e. The van der Waals surface area contributed by atoms with Crippen LogP contribution in [0.25, 0.3) is 0 Å². The molecule has 0 aliphatic heterocycles. The molecule has 8 heteroatoms. The van der Waals surface area contributed by atoms with Crippen LogP contribution in [0, 0.1) is 0 Å². The summed E-state index contributed by atoms with van der Waals surface area (Å²) < 4.78 is 60.9. The van der Waals surface area contributed by atoms with Gasteiger partial charge in [-0.3, -0.25) is 0 Å². The van der Waals surface area contributed by atoms with Crippen LogP contribution in [0.4, 0.5) is 13.2 Å². The van der Waals surface area contributed by atoms with Crippen molar-refractivity contribution in [2.75, 3.05) is 0 Å². The fourth-order valence-electron chi connectivity index (χ4n) is 0.768. The molecular weight excluding hydrogens is 259 g/mol. The van der Waals surface area contributed by atoms with E-state index in [4.69, 9.17) is 13.0 Å². The van der Waals surface area contributed by atoms with E-state index in [2.05, 4.69) is 31.5 Å². The highest BCUT2D eigenvalue weighted by molar-refractivity contribution is 7.86. The number of aryl methyl sites for hydroxylation is 2. The van der Waals surface area contributed by atoms with E-state index in [1.54, 1.807) is 0 Å². The molecular formula is C9H12F3NO3S. The Morgan fingerprint density at radius 3 is 1.88 bits per heavy atom. The second-order valence-corrected chi connectivity index (χ2v) is 4.50. The highest BCUT2D eigenvalue weighted by Gasteiger charge is 2.36. The van der Waals surface area contributed by atoms with E-state index in [1.807, 2.05) is 11.6 Å². The average Bonchev–Trinajstić information content (AvgIpc) is 2.17. The average molecular weight is 271 g/mol. The number of alkyl halides is 3. The molecule has 0 atom stereocenters.